The minimum atomic E-state index is -0.245. The number of fused-ring (bicyclic) bond motifs is 1. The van der Waals surface area contributed by atoms with E-state index in [0.29, 0.717) is 18.1 Å². The molecule has 1 fully saturated rings. The first-order valence-corrected chi connectivity index (χ1v) is 11.4. The zero-order valence-corrected chi connectivity index (χ0v) is 19.2. The van der Waals surface area contributed by atoms with Crippen LogP contribution in [0.3, 0.4) is 0 Å². The molecule has 1 aliphatic heterocycles. The second-order valence-corrected chi connectivity index (χ2v) is 8.44. The van der Waals surface area contributed by atoms with Gasteiger partial charge in [0.2, 0.25) is 0 Å². The zero-order chi connectivity index (χ0) is 23.5. The van der Waals surface area contributed by atoms with Crippen molar-refractivity contribution in [3.05, 3.63) is 71.5 Å². The van der Waals surface area contributed by atoms with Crippen LogP contribution in [0.25, 0.3) is 11.1 Å². The van der Waals surface area contributed by atoms with Crippen molar-refractivity contribution in [1.29, 1.82) is 0 Å². The number of amides is 1. The highest BCUT2D eigenvalue weighted by Gasteiger charge is 2.24. The van der Waals surface area contributed by atoms with Gasteiger partial charge in [0.15, 0.2) is 23.0 Å². The molecule has 1 amide bonds. The summed E-state index contributed by atoms with van der Waals surface area (Å²) in [6.45, 7) is 5.82. The average molecular weight is 459 g/mol. The number of aryl methyl sites for hydroxylation is 2. The molecule has 0 saturated carbocycles. The topological polar surface area (TPSA) is 106 Å². The minimum absolute atomic E-state index is 0.115. The van der Waals surface area contributed by atoms with Gasteiger partial charge in [-0.15, -0.1) is 10.2 Å². The van der Waals surface area contributed by atoms with Crippen LogP contribution in [0.1, 0.15) is 40.3 Å². The number of ether oxygens (including phenoxy) is 1. The first-order valence-electron chi connectivity index (χ1n) is 11.4. The van der Waals surface area contributed by atoms with Crippen molar-refractivity contribution < 1.29 is 13.9 Å². The van der Waals surface area contributed by atoms with Crippen LogP contribution in [-0.2, 0) is 6.54 Å². The molecule has 9 nitrogen and oxygen atoms in total. The zero-order valence-electron chi connectivity index (χ0n) is 19.2. The van der Waals surface area contributed by atoms with Gasteiger partial charge in [-0.3, -0.25) is 9.78 Å². The molecule has 0 aliphatic carbocycles. The molecule has 1 saturated heterocycles. The van der Waals surface area contributed by atoms with Gasteiger partial charge in [-0.1, -0.05) is 0 Å². The van der Waals surface area contributed by atoms with E-state index in [0.717, 1.165) is 59.7 Å². The highest BCUT2D eigenvalue weighted by atomic mass is 16.5. The summed E-state index contributed by atoms with van der Waals surface area (Å²) < 4.78 is 11.8. The third-order valence-electron chi connectivity index (χ3n) is 5.90. The van der Waals surface area contributed by atoms with Crippen LogP contribution >= 0.6 is 0 Å². The van der Waals surface area contributed by atoms with Crippen molar-refractivity contribution in [2.45, 2.75) is 39.3 Å². The molecule has 0 bridgehead atoms. The van der Waals surface area contributed by atoms with E-state index in [1.807, 2.05) is 44.2 Å². The summed E-state index contributed by atoms with van der Waals surface area (Å²) in [5.41, 5.74) is 3.79. The van der Waals surface area contributed by atoms with E-state index in [-0.39, 0.29) is 12.0 Å². The van der Waals surface area contributed by atoms with Crippen molar-refractivity contribution >= 4 is 22.8 Å². The van der Waals surface area contributed by atoms with Crippen LogP contribution in [0.15, 0.2) is 53.2 Å². The van der Waals surface area contributed by atoms with Gasteiger partial charge < -0.3 is 19.4 Å². The lowest BCUT2D eigenvalue weighted by Gasteiger charge is -2.33. The van der Waals surface area contributed by atoms with Gasteiger partial charge in [-0.05, 0) is 48.4 Å². The minimum Gasteiger partial charge on any atom is -0.490 e. The molecular formula is C25H26N6O3. The third kappa shape index (κ3) is 4.83. The fourth-order valence-electron chi connectivity index (χ4n) is 4.15. The molecule has 5 rings (SSSR count). The molecule has 0 spiro atoms. The Kier molecular flexibility index (Phi) is 6.07. The largest absolute Gasteiger partial charge is 0.490 e. The number of anilines is 1. The molecule has 34 heavy (non-hydrogen) atoms. The summed E-state index contributed by atoms with van der Waals surface area (Å²) >= 11 is 0. The summed E-state index contributed by atoms with van der Waals surface area (Å²) in [6, 6.07) is 11.3. The van der Waals surface area contributed by atoms with Crippen LogP contribution in [0.4, 0.5) is 5.82 Å². The van der Waals surface area contributed by atoms with E-state index in [1.54, 1.807) is 18.5 Å². The summed E-state index contributed by atoms with van der Waals surface area (Å²) in [6.07, 6.45) is 5.24. The number of rotatable bonds is 6. The summed E-state index contributed by atoms with van der Waals surface area (Å²) in [7, 11) is 0. The fourth-order valence-corrected chi connectivity index (χ4v) is 4.15. The maximum Gasteiger partial charge on any atom is 0.272 e. The number of nitrogens with one attached hydrogen (secondary N) is 1. The first kappa shape index (κ1) is 21.8. The smallest absolute Gasteiger partial charge is 0.272 e. The second-order valence-electron chi connectivity index (χ2n) is 8.44. The number of carbonyl (C=O) groups is 1. The van der Waals surface area contributed by atoms with E-state index >= 15 is 0 Å². The van der Waals surface area contributed by atoms with Gasteiger partial charge in [0.05, 0.1) is 0 Å². The maximum absolute atomic E-state index is 12.5. The Morgan fingerprint density at radius 3 is 2.68 bits per heavy atom. The SMILES string of the molecule is Cc1nc2ccc(OC3CCN(c4nnc(C(=O)NCc5ccncc5)cc4C)CC3)cc2o1. The van der Waals surface area contributed by atoms with E-state index in [4.69, 9.17) is 9.15 Å². The molecule has 174 valence electrons. The van der Waals surface area contributed by atoms with E-state index in [2.05, 4.69) is 30.4 Å². The molecule has 3 aromatic heterocycles. The summed E-state index contributed by atoms with van der Waals surface area (Å²) in [5, 5.41) is 11.4. The van der Waals surface area contributed by atoms with Crippen LogP contribution in [0.5, 0.6) is 5.75 Å². The number of aromatic nitrogens is 4. The Balaban J connectivity index is 1.17. The maximum atomic E-state index is 12.5. The highest BCUT2D eigenvalue weighted by Crippen LogP contribution is 2.26. The number of hydrogen-bond donors (Lipinski definition) is 1. The van der Waals surface area contributed by atoms with Crippen LogP contribution < -0.4 is 15.0 Å². The molecule has 9 heteroatoms. The van der Waals surface area contributed by atoms with Gasteiger partial charge in [0.25, 0.3) is 5.91 Å². The number of benzene rings is 1. The number of carbonyl (C=O) groups excluding carboxylic acids is 1. The molecule has 4 heterocycles. The monoisotopic (exact) mass is 458 g/mol. The lowest BCUT2D eigenvalue weighted by Crippen LogP contribution is -2.39. The van der Waals surface area contributed by atoms with E-state index in [9.17, 15) is 4.79 Å². The van der Waals surface area contributed by atoms with Gasteiger partial charge in [0.1, 0.15) is 17.4 Å². The van der Waals surface area contributed by atoms with E-state index < -0.39 is 0 Å². The number of nitrogens with zero attached hydrogens (tertiary/aromatic N) is 5. The van der Waals surface area contributed by atoms with Gasteiger partial charge in [-0.25, -0.2) is 4.98 Å². The Bertz CT molecular complexity index is 1300. The first-order chi connectivity index (χ1) is 16.5. The number of pyridine rings is 1. The van der Waals surface area contributed by atoms with Crippen molar-refractivity contribution in [2.75, 3.05) is 18.0 Å². The normalized spacial score (nSPS) is 14.4. The predicted molar refractivity (Wildman–Crippen MR) is 127 cm³/mol. The molecule has 1 aliphatic rings. The Morgan fingerprint density at radius 1 is 1.12 bits per heavy atom. The molecule has 0 atom stereocenters. The Labute approximate surface area is 197 Å². The van der Waals surface area contributed by atoms with Gasteiger partial charge in [-0.2, -0.15) is 0 Å². The molecule has 1 N–H and O–H groups in total. The second kappa shape index (κ2) is 9.46. The Morgan fingerprint density at radius 2 is 1.91 bits per heavy atom. The number of hydrogen-bond acceptors (Lipinski definition) is 8. The molecule has 4 aromatic rings. The number of oxazole rings is 1. The van der Waals surface area contributed by atoms with Crippen molar-refractivity contribution in [1.82, 2.24) is 25.5 Å². The quantitative estimate of drug-likeness (QED) is 0.467. The average Bonchev–Trinajstić information content (AvgIpc) is 3.23. The standard InChI is InChI=1S/C25H26N6O3/c1-16-13-22(25(32)27-15-18-5-9-26-10-6-18)29-30-24(16)31-11-7-19(8-12-31)34-20-3-4-21-23(14-20)33-17(2)28-21/h3-6,9-10,13-14,19H,7-8,11-12,15H2,1-2H3,(H,27,32). The summed E-state index contributed by atoms with van der Waals surface area (Å²) in [4.78, 5) is 23.0. The molecule has 0 radical (unpaired) electrons. The highest BCUT2D eigenvalue weighted by molar-refractivity contribution is 5.92. The van der Waals surface area contributed by atoms with Crippen molar-refractivity contribution in [2.24, 2.45) is 0 Å². The summed E-state index contributed by atoms with van der Waals surface area (Å²) in [5.74, 6) is 2.00. The third-order valence-corrected chi connectivity index (χ3v) is 5.90. The number of piperidine rings is 1. The van der Waals surface area contributed by atoms with E-state index in [1.165, 1.54) is 0 Å². The van der Waals surface area contributed by atoms with Gasteiger partial charge in [0, 0.05) is 57.9 Å². The van der Waals surface area contributed by atoms with Crippen LogP contribution in [-0.4, -0.2) is 45.3 Å². The fraction of sp³-hybridized carbons (Fsp3) is 0.320. The van der Waals surface area contributed by atoms with Crippen LogP contribution in [0.2, 0.25) is 0 Å². The van der Waals surface area contributed by atoms with Gasteiger partial charge >= 0.3 is 0 Å². The molecule has 0 unspecified atom stereocenters. The lowest BCUT2D eigenvalue weighted by atomic mass is 10.1. The lowest BCUT2D eigenvalue weighted by molar-refractivity contribution is 0.0944. The molecule has 1 aromatic carbocycles. The predicted octanol–water partition coefficient (Wildman–Crippen LogP) is 3.61. The molecular weight excluding hydrogens is 432 g/mol. The van der Waals surface area contributed by atoms with Crippen molar-refractivity contribution in [3.63, 3.8) is 0 Å². The Hall–Kier alpha value is -4.01. The van der Waals surface area contributed by atoms with Crippen molar-refractivity contribution in [3.8, 4) is 5.75 Å². The van der Waals surface area contributed by atoms with Crippen LogP contribution in [0, 0.1) is 13.8 Å².